The zero-order valence-electron chi connectivity index (χ0n) is 10.8. The summed E-state index contributed by atoms with van der Waals surface area (Å²) in [4.78, 5) is 16.7. The minimum atomic E-state index is 0.134. The smallest absolute Gasteiger partial charge is 0.263 e. The molecule has 1 aliphatic carbocycles. The summed E-state index contributed by atoms with van der Waals surface area (Å²) < 4.78 is 0. The van der Waals surface area contributed by atoms with Crippen molar-refractivity contribution < 1.29 is 4.79 Å². The maximum absolute atomic E-state index is 12.4. The molecule has 2 aliphatic rings. The predicted molar refractivity (Wildman–Crippen MR) is 74.0 cm³/mol. The Morgan fingerprint density at radius 2 is 2.33 bits per heavy atom. The molecule has 0 saturated carbocycles. The standard InChI is InChI=1S/C14H20N2OS/c1-9-5-6-16(8-11(9)15)14(17)13-7-10-3-2-4-12(10)18-13/h7,9,11H,2-6,8,15H2,1H3. The molecule has 1 saturated heterocycles. The molecule has 4 heteroatoms. The van der Waals surface area contributed by atoms with Gasteiger partial charge in [-0.15, -0.1) is 11.3 Å². The van der Waals surface area contributed by atoms with E-state index in [-0.39, 0.29) is 11.9 Å². The number of aryl methyl sites for hydroxylation is 2. The van der Waals surface area contributed by atoms with Gasteiger partial charge < -0.3 is 10.6 Å². The highest BCUT2D eigenvalue weighted by molar-refractivity contribution is 7.14. The van der Waals surface area contributed by atoms with E-state index in [1.807, 2.05) is 4.90 Å². The fraction of sp³-hybridized carbons (Fsp3) is 0.643. The van der Waals surface area contributed by atoms with E-state index in [9.17, 15) is 4.79 Å². The van der Waals surface area contributed by atoms with Crippen molar-refractivity contribution in [2.45, 2.75) is 38.6 Å². The zero-order valence-corrected chi connectivity index (χ0v) is 11.6. The maximum Gasteiger partial charge on any atom is 0.263 e. The average molecular weight is 264 g/mol. The van der Waals surface area contributed by atoms with Crippen LogP contribution >= 0.6 is 11.3 Å². The Bertz CT molecular complexity index is 447. The van der Waals surface area contributed by atoms with E-state index in [0.717, 1.165) is 30.7 Å². The van der Waals surface area contributed by atoms with E-state index >= 15 is 0 Å². The van der Waals surface area contributed by atoms with Crippen molar-refractivity contribution in [1.82, 2.24) is 4.90 Å². The number of hydrogen-bond acceptors (Lipinski definition) is 3. The lowest BCUT2D eigenvalue weighted by molar-refractivity contribution is 0.0677. The molecule has 1 aromatic rings. The van der Waals surface area contributed by atoms with Crippen molar-refractivity contribution in [1.29, 1.82) is 0 Å². The first kappa shape index (κ1) is 12.2. The van der Waals surface area contributed by atoms with Crippen LogP contribution < -0.4 is 5.73 Å². The molecule has 0 bridgehead atoms. The third kappa shape index (κ3) is 2.08. The van der Waals surface area contributed by atoms with Gasteiger partial charge in [-0.2, -0.15) is 0 Å². The number of hydrogen-bond donors (Lipinski definition) is 1. The van der Waals surface area contributed by atoms with Crippen LogP contribution in [-0.4, -0.2) is 29.9 Å². The van der Waals surface area contributed by atoms with Crippen molar-refractivity contribution in [2.75, 3.05) is 13.1 Å². The van der Waals surface area contributed by atoms with E-state index in [4.69, 9.17) is 5.73 Å². The first-order valence-corrected chi connectivity index (χ1v) is 7.63. The molecule has 1 fully saturated rings. The topological polar surface area (TPSA) is 46.3 Å². The fourth-order valence-electron chi connectivity index (χ4n) is 2.87. The summed E-state index contributed by atoms with van der Waals surface area (Å²) in [5, 5.41) is 0. The minimum absolute atomic E-state index is 0.134. The van der Waals surface area contributed by atoms with Crippen LogP contribution in [0.2, 0.25) is 0 Å². The molecule has 1 amide bonds. The lowest BCUT2D eigenvalue weighted by Gasteiger charge is -2.34. The summed E-state index contributed by atoms with van der Waals surface area (Å²) in [6, 6.07) is 2.24. The number of amides is 1. The molecule has 2 heterocycles. The van der Waals surface area contributed by atoms with E-state index in [1.165, 1.54) is 16.9 Å². The molecule has 0 radical (unpaired) electrons. The first-order chi connectivity index (χ1) is 8.65. The number of fused-ring (bicyclic) bond motifs is 1. The van der Waals surface area contributed by atoms with Crippen molar-refractivity contribution in [2.24, 2.45) is 11.7 Å². The summed E-state index contributed by atoms with van der Waals surface area (Å²) >= 11 is 1.69. The van der Waals surface area contributed by atoms with Crippen LogP contribution in [-0.2, 0) is 12.8 Å². The van der Waals surface area contributed by atoms with Crippen LogP contribution in [0, 0.1) is 5.92 Å². The van der Waals surface area contributed by atoms with Gasteiger partial charge in [0.2, 0.25) is 0 Å². The van der Waals surface area contributed by atoms with Gasteiger partial charge >= 0.3 is 0 Å². The average Bonchev–Trinajstić information content (AvgIpc) is 2.92. The molecule has 2 atom stereocenters. The lowest BCUT2D eigenvalue weighted by atomic mass is 9.94. The number of rotatable bonds is 1. The quantitative estimate of drug-likeness (QED) is 0.844. The highest BCUT2D eigenvalue weighted by Crippen LogP contribution is 2.31. The summed E-state index contributed by atoms with van der Waals surface area (Å²) in [6.07, 6.45) is 4.58. The molecule has 3 rings (SSSR count). The van der Waals surface area contributed by atoms with Gasteiger partial charge in [-0.05, 0) is 43.2 Å². The minimum Gasteiger partial charge on any atom is -0.336 e. The van der Waals surface area contributed by atoms with Crippen LogP contribution in [0.25, 0.3) is 0 Å². The van der Waals surface area contributed by atoms with Gasteiger partial charge in [-0.3, -0.25) is 4.79 Å². The normalized spacial score (nSPS) is 27.3. The number of thiophene rings is 1. The largest absolute Gasteiger partial charge is 0.336 e. The van der Waals surface area contributed by atoms with E-state index in [0.29, 0.717) is 12.5 Å². The van der Waals surface area contributed by atoms with E-state index < -0.39 is 0 Å². The Kier molecular flexibility index (Phi) is 3.16. The van der Waals surface area contributed by atoms with Gasteiger partial charge in [-0.1, -0.05) is 6.92 Å². The zero-order chi connectivity index (χ0) is 12.7. The second kappa shape index (κ2) is 4.67. The summed E-state index contributed by atoms with van der Waals surface area (Å²) in [5.74, 6) is 0.721. The highest BCUT2D eigenvalue weighted by atomic mass is 32.1. The van der Waals surface area contributed by atoms with E-state index in [2.05, 4.69) is 13.0 Å². The third-order valence-electron chi connectivity index (χ3n) is 4.26. The molecular weight excluding hydrogens is 244 g/mol. The van der Waals surface area contributed by atoms with Crippen molar-refractivity contribution >= 4 is 17.2 Å². The van der Waals surface area contributed by atoms with Crippen molar-refractivity contribution in [3.05, 3.63) is 21.4 Å². The molecule has 2 N–H and O–H groups in total. The number of carbonyl (C=O) groups excluding carboxylic acids is 1. The molecular formula is C14H20N2OS. The van der Waals surface area contributed by atoms with Gasteiger partial charge in [0, 0.05) is 24.0 Å². The first-order valence-electron chi connectivity index (χ1n) is 6.81. The van der Waals surface area contributed by atoms with Gasteiger partial charge in [0.15, 0.2) is 0 Å². The van der Waals surface area contributed by atoms with Crippen LogP contribution in [0.5, 0.6) is 0 Å². The fourth-order valence-corrected chi connectivity index (χ4v) is 4.10. The second-order valence-corrected chi connectivity index (χ2v) is 6.73. The van der Waals surface area contributed by atoms with Gasteiger partial charge in [-0.25, -0.2) is 0 Å². The lowest BCUT2D eigenvalue weighted by Crippen LogP contribution is -2.49. The highest BCUT2D eigenvalue weighted by Gasteiger charge is 2.28. The Morgan fingerprint density at radius 1 is 1.50 bits per heavy atom. The predicted octanol–water partition coefficient (Wildman–Crippen LogP) is 2.05. The van der Waals surface area contributed by atoms with Crippen LogP contribution in [0.4, 0.5) is 0 Å². The Balaban J connectivity index is 1.74. The van der Waals surface area contributed by atoms with Crippen molar-refractivity contribution in [3.63, 3.8) is 0 Å². The molecule has 0 aromatic carbocycles. The number of likely N-dealkylation sites (tertiary alicyclic amines) is 1. The van der Waals surface area contributed by atoms with Crippen molar-refractivity contribution in [3.8, 4) is 0 Å². The van der Waals surface area contributed by atoms with Gasteiger partial charge in [0.25, 0.3) is 5.91 Å². The second-order valence-electron chi connectivity index (χ2n) is 5.59. The van der Waals surface area contributed by atoms with E-state index in [1.54, 1.807) is 11.3 Å². The monoisotopic (exact) mass is 264 g/mol. The summed E-state index contributed by atoms with van der Waals surface area (Å²) in [7, 11) is 0. The number of carbonyl (C=O) groups is 1. The molecule has 18 heavy (non-hydrogen) atoms. The molecule has 98 valence electrons. The maximum atomic E-state index is 12.4. The number of nitrogens with zero attached hydrogens (tertiary/aromatic N) is 1. The van der Waals surface area contributed by atoms with Gasteiger partial charge in [0.1, 0.15) is 0 Å². The molecule has 2 unspecified atom stereocenters. The van der Waals surface area contributed by atoms with Crippen LogP contribution in [0.3, 0.4) is 0 Å². The van der Waals surface area contributed by atoms with Crippen LogP contribution in [0.15, 0.2) is 6.07 Å². The molecule has 1 aromatic heterocycles. The number of piperidine rings is 1. The third-order valence-corrected chi connectivity index (χ3v) is 5.49. The molecule has 0 spiro atoms. The Labute approximate surface area is 112 Å². The summed E-state index contributed by atoms with van der Waals surface area (Å²) in [6.45, 7) is 3.74. The Hall–Kier alpha value is -0.870. The van der Waals surface area contributed by atoms with Gasteiger partial charge in [0.05, 0.1) is 4.88 Å². The SMILES string of the molecule is CC1CCN(C(=O)c2cc3c(s2)CCC3)CC1N. The molecule has 1 aliphatic heterocycles. The molecule has 3 nitrogen and oxygen atoms in total. The number of nitrogens with two attached hydrogens (primary N) is 1. The summed E-state index contributed by atoms with van der Waals surface area (Å²) in [5.41, 5.74) is 7.47. The Morgan fingerprint density at radius 3 is 3.06 bits per heavy atom. The van der Waals surface area contributed by atoms with Crippen LogP contribution in [0.1, 0.15) is 39.9 Å².